The lowest BCUT2D eigenvalue weighted by molar-refractivity contribution is -0.135. The zero-order valence-corrected chi connectivity index (χ0v) is 15.5. The molecule has 5 heteroatoms. The fourth-order valence-electron chi connectivity index (χ4n) is 3.85. The van der Waals surface area contributed by atoms with E-state index in [1.165, 1.54) is 6.42 Å². The quantitative estimate of drug-likeness (QED) is 0.841. The summed E-state index contributed by atoms with van der Waals surface area (Å²) in [5.74, 6) is 0.759. The van der Waals surface area contributed by atoms with Crippen LogP contribution in [0.2, 0.25) is 0 Å². The van der Waals surface area contributed by atoms with E-state index in [1.54, 1.807) is 18.7 Å². The van der Waals surface area contributed by atoms with Crippen molar-refractivity contribution in [2.24, 2.45) is 0 Å². The summed E-state index contributed by atoms with van der Waals surface area (Å²) in [6.45, 7) is 6.93. The van der Waals surface area contributed by atoms with Crippen molar-refractivity contribution >= 4 is 17.5 Å². The van der Waals surface area contributed by atoms with Gasteiger partial charge in [-0.05, 0) is 51.7 Å². The lowest BCUT2D eigenvalue weighted by atomic mass is 9.99. The summed E-state index contributed by atoms with van der Waals surface area (Å²) < 4.78 is 5.83. The monoisotopic (exact) mass is 344 g/mol. The van der Waals surface area contributed by atoms with Crippen molar-refractivity contribution in [1.82, 2.24) is 4.90 Å². The molecule has 0 bridgehead atoms. The maximum atomic E-state index is 12.8. The van der Waals surface area contributed by atoms with Crippen LogP contribution in [-0.2, 0) is 9.59 Å². The SMILES string of the molecule is CCC1CCCCN1C(=O)CCN1C(=O)C(C)(C)Oc2ccccc21. The Hall–Kier alpha value is -2.04. The fraction of sp³-hybridized carbons (Fsp3) is 0.600. The zero-order chi connectivity index (χ0) is 18.0. The third-order valence-corrected chi connectivity index (χ3v) is 5.25. The first-order valence-electron chi connectivity index (χ1n) is 9.33. The van der Waals surface area contributed by atoms with Gasteiger partial charge in [0, 0.05) is 25.6 Å². The van der Waals surface area contributed by atoms with Crippen molar-refractivity contribution in [2.75, 3.05) is 18.0 Å². The summed E-state index contributed by atoms with van der Waals surface area (Å²) in [7, 11) is 0. The van der Waals surface area contributed by atoms with E-state index in [9.17, 15) is 9.59 Å². The third kappa shape index (κ3) is 3.51. The number of carbonyl (C=O) groups is 2. The second-order valence-electron chi connectivity index (χ2n) is 7.43. The molecule has 0 N–H and O–H groups in total. The van der Waals surface area contributed by atoms with Crippen molar-refractivity contribution in [2.45, 2.75) is 64.5 Å². The van der Waals surface area contributed by atoms with Gasteiger partial charge >= 0.3 is 0 Å². The average Bonchev–Trinajstić information content (AvgIpc) is 2.61. The Bertz CT molecular complexity index is 656. The Balaban J connectivity index is 1.73. The van der Waals surface area contributed by atoms with Gasteiger partial charge in [-0.3, -0.25) is 9.59 Å². The van der Waals surface area contributed by atoms with Crippen LogP contribution in [0, 0.1) is 0 Å². The maximum Gasteiger partial charge on any atom is 0.270 e. The second-order valence-corrected chi connectivity index (χ2v) is 7.43. The van der Waals surface area contributed by atoms with E-state index < -0.39 is 5.60 Å². The molecule has 1 atom stereocenters. The number of hydrogen-bond acceptors (Lipinski definition) is 3. The summed E-state index contributed by atoms with van der Waals surface area (Å²) in [6.07, 6.45) is 4.72. The molecule has 2 aliphatic rings. The standard InChI is InChI=1S/C20H28N2O3/c1-4-15-9-7-8-13-21(15)18(23)12-14-22-16-10-5-6-11-17(16)25-20(2,3)19(22)24/h5-6,10-11,15H,4,7-9,12-14H2,1-3H3. The van der Waals surface area contributed by atoms with Crippen LogP contribution >= 0.6 is 0 Å². The number of rotatable bonds is 4. The molecule has 0 aromatic heterocycles. The van der Waals surface area contributed by atoms with E-state index in [1.807, 2.05) is 29.2 Å². The van der Waals surface area contributed by atoms with E-state index in [-0.39, 0.29) is 11.8 Å². The number of hydrogen-bond donors (Lipinski definition) is 0. The molecular weight excluding hydrogens is 316 g/mol. The van der Waals surface area contributed by atoms with Crippen LogP contribution in [-0.4, -0.2) is 41.4 Å². The number of para-hydroxylation sites is 2. The van der Waals surface area contributed by atoms with E-state index in [2.05, 4.69) is 6.92 Å². The maximum absolute atomic E-state index is 12.8. The van der Waals surface area contributed by atoms with Gasteiger partial charge in [0.15, 0.2) is 5.60 Å². The molecule has 0 saturated carbocycles. The minimum atomic E-state index is -0.908. The highest BCUT2D eigenvalue weighted by Gasteiger charge is 2.41. The molecule has 136 valence electrons. The first kappa shape index (κ1) is 17.8. The number of benzene rings is 1. The molecule has 5 nitrogen and oxygen atoms in total. The normalized spacial score (nSPS) is 22.4. The van der Waals surface area contributed by atoms with Crippen molar-refractivity contribution in [3.05, 3.63) is 24.3 Å². The van der Waals surface area contributed by atoms with Crippen LogP contribution in [0.3, 0.4) is 0 Å². The molecule has 0 spiro atoms. The van der Waals surface area contributed by atoms with Crippen LogP contribution in [0.1, 0.15) is 52.9 Å². The molecule has 3 rings (SSSR count). The highest BCUT2D eigenvalue weighted by Crippen LogP contribution is 2.37. The van der Waals surface area contributed by atoms with Crippen LogP contribution in [0.25, 0.3) is 0 Å². The lowest BCUT2D eigenvalue weighted by Gasteiger charge is -2.39. The number of carbonyl (C=O) groups excluding carboxylic acids is 2. The van der Waals surface area contributed by atoms with Gasteiger partial charge in [0.25, 0.3) is 5.91 Å². The number of piperidine rings is 1. The average molecular weight is 344 g/mol. The Kier molecular flexibility index (Phi) is 5.02. The molecule has 1 aromatic carbocycles. The van der Waals surface area contributed by atoms with Gasteiger partial charge in [-0.2, -0.15) is 0 Å². The number of nitrogens with zero attached hydrogens (tertiary/aromatic N) is 2. The molecule has 2 aliphatic heterocycles. The molecule has 1 aromatic rings. The van der Waals surface area contributed by atoms with Gasteiger partial charge in [0.2, 0.25) is 5.91 Å². The summed E-state index contributed by atoms with van der Waals surface area (Å²) in [5.41, 5.74) is -0.153. The van der Waals surface area contributed by atoms with E-state index in [4.69, 9.17) is 4.74 Å². The molecule has 25 heavy (non-hydrogen) atoms. The molecule has 2 heterocycles. The van der Waals surface area contributed by atoms with Gasteiger partial charge in [0.05, 0.1) is 5.69 Å². The van der Waals surface area contributed by atoms with Crippen molar-refractivity contribution in [3.8, 4) is 5.75 Å². The van der Waals surface area contributed by atoms with Gasteiger partial charge in [-0.25, -0.2) is 0 Å². The number of likely N-dealkylation sites (tertiary alicyclic amines) is 1. The molecule has 1 unspecified atom stereocenters. The topological polar surface area (TPSA) is 49.9 Å². The van der Waals surface area contributed by atoms with Crippen LogP contribution in [0.5, 0.6) is 5.75 Å². The van der Waals surface area contributed by atoms with Gasteiger partial charge in [-0.1, -0.05) is 19.1 Å². The highest BCUT2D eigenvalue weighted by molar-refractivity contribution is 6.02. The molecule has 2 amide bonds. The Morgan fingerprint density at radius 2 is 2.04 bits per heavy atom. The third-order valence-electron chi connectivity index (χ3n) is 5.25. The number of fused-ring (bicyclic) bond motifs is 1. The molecule has 1 fully saturated rings. The largest absolute Gasteiger partial charge is 0.476 e. The Labute approximate surface area is 149 Å². The van der Waals surface area contributed by atoms with Crippen LogP contribution in [0.15, 0.2) is 24.3 Å². The molecular formula is C20H28N2O3. The molecule has 1 saturated heterocycles. The minimum absolute atomic E-state index is 0.0929. The van der Waals surface area contributed by atoms with Gasteiger partial charge in [-0.15, -0.1) is 0 Å². The van der Waals surface area contributed by atoms with Crippen molar-refractivity contribution < 1.29 is 14.3 Å². The first-order chi connectivity index (χ1) is 11.9. The van der Waals surface area contributed by atoms with Gasteiger partial charge < -0.3 is 14.5 Å². The summed E-state index contributed by atoms with van der Waals surface area (Å²) >= 11 is 0. The van der Waals surface area contributed by atoms with E-state index in [0.29, 0.717) is 24.8 Å². The van der Waals surface area contributed by atoms with Crippen molar-refractivity contribution in [1.29, 1.82) is 0 Å². The number of amides is 2. The highest BCUT2D eigenvalue weighted by atomic mass is 16.5. The van der Waals surface area contributed by atoms with E-state index >= 15 is 0 Å². The molecule has 0 aliphatic carbocycles. The van der Waals surface area contributed by atoms with Crippen molar-refractivity contribution in [3.63, 3.8) is 0 Å². The van der Waals surface area contributed by atoms with Gasteiger partial charge in [0.1, 0.15) is 5.75 Å². The fourth-order valence-corrected chi connectivity index (χ4v) is 3.85. The summed E-state index contributed by atoms with van der Waals surface area (Å²) in [5, 5.41) is 0. The summed E-state index contributed by atoms with van der Waals surface area (Å²) in [6, 6.07) is 7.89. The number of anilines is 1. The first-order valence-corrected chi connectivity index (χ1v) is 9.33. The minimum Gasteiger partial charge on any atom is -0.476 e. The second kappa shape index (κ2) is 7.06. The number of ether oxygens (including phenoxy) is 1. The van der Waals surface area contributed by atoms with E-state index in [0.717, 1.165) is 31.5 Å². The van der Waals surface area contributed by atoms with Crippen LogP contribution in [0.4, 0.5) is 5.69 Å². The predicted molar refractivity (Wildman–Crippen MR) is 97.8 cm³/mol. The predicted octanol–water partition coefficient (Wildman–Crippen LogP) is 3.37. The molecule has 0 radical (unpaired) electrons. The van der Waals surface area contributed by atoms with Crippen LogP contribution < -0.4 is 9.64 Å². The Morgan fingerprint density at radius 3 is 2.80 bits per heavy atom. The summed E-state index contributed by atoms with van der Waals surface area (Å²) in [4.78, 5) is 29.3. The Morgan fingerprint density at radius 1 is 1.28 bits per heavy atom. The smallest absolute Gasteiger partial charge is 0.270 e. The lowest BCUT2D eigenvalue weighted by Crippen LogP contribution is -2.53. The zero-order valence-electron chi connectivity index (χ0n) is 15.5.